The predicted octanol–water partition coefficient (Wildman–Crippen LogP) is 5.18. The van der Waals surface area contributed by atoms with Crippen LogP contribution in [0.4, 0.5) is 5.69 Å². The van der Waals surface area contributed by atoms with Crippen molar-refractivity contribution in [2.75, 3.05) is 25.3 Å². The van der Waals surface area contributed by atoms with Crippen LogP contribution in [0.5, 0.6) is 11.5 Å². The number of hydrogen-bond donors (Lipinski definition) is 1. The molecule has 1 N–H and O–H groups in total. The standard InChI is InChI=1S/C26H26N4O3S/c1-18-8-10-19(11-9-18)23(31)17-34-26-29-28-25(16-27-20-12-14-21(32-2)15-13-20)30(26)22-6-4-5-7-24(22)33-3/h4-15,27H,16-17H2,1-3H3. The van der Waals surface area contributed by atoms with Crippen molar-refractivity contribution in [2.24, 2.45) is 0 Å². The van der Waals surface area contributed by atoms with Crippen LogP contribution in [-0.4, -0.2) is 40.5 Å². The summed E-state index contributed by atoms with van der Waals surface area (Å²) < 4.78 is 12.7. The van der Waals surface area contributed by atoms with E-state index in [-0.39, 0.29) is 11.5 Å². The van der Waals surface area contributed by atoms with Gasteiger partial charge in [0, 0.05) is 11.3 Å². The summed E-state index contributed by atoms with van der Waals surface area (Å²) in [6.45, 7) is 2.43. The normalized spacial score (nSPS) is 10.7. The second-order valence-corrected chi connectivity index (χ2v) is 8.51. The van der Waals surface area contributed by atoms with E-state index in [1.807, 2.05) is 84.3 Å². The number of rotatable bonds is 10. The third kappa shape index (κ3) is 5.40. The minimum Gasteiger partial charge on any atom is -0.497 e. The molecule has 0 atom stereocenters. The summed E-state index contributed by atoms with van der Waals surface area (Å²) in [6, 6.07) is 23.0. The highest BCUT2D eigenvalue weighted by molar-refractivity contribution is 7.99. The molecule has 0 aliphatic carbocycles. The molecule has 1 aromatic heterocycles. The number of anilines is 1. The van der Waals surface area contributed by atoms with Crippen LogP contribution in [-0.2, 0) is 6.54 Å². The Labute approximate surface area is 203 Å². The Bertz CT molecular complexity index is 1250. The number of aryl methyl sites for hydroxylation is 1. The number of para-hydroxylation sites is 2. The van der Waals surface area contributed by atoms with E-state index in [0.717, 1.165) is 22.7 Å². The maximum atomic E-state index is 12.7. The quantitative estimate of drug-likeness (QED) is 0.251. The zero-order chi connectivity index (χ0) is 23.9. The maximum Gasteiger partial charge on any atom is 0.196 e. The zero-order valence-electron chi connectivity index (χ0n) is 19.3. The Balaban J connectivity index is 1.58. The van der Waals surface area contributed by atoms with Gasteiger partial charge in [-0.25, -0.2) is 0 Å². The number of benzene rings is 3. The Hall–Kier alpha value is -3.78. The Morgan fingerprint density at radius 2 is 1.68 bits per heavy atom. The van der Waals surface area contributed by atoms with E-state index in [1.54, 1.807) is 14.2 Å². The van der Waals surface area contributed by atoms with Gasteiger partial charge in [-0.05, 0) is 43.3 Å². The van der Waals surface area contributed by atoms with Crippen molar-refractivity contribution < 1.29 is 14.3 Å². The largest absolute Gasteiger partial charge is 0.497 e. The van der Waals surface area contributed by atoms with Crippen LogP contribution in [0.15, 0.2) is 78.0 Å². The number of methoxy groups -OCH3 is 2. The SMILES string of the molecule is COc1ccc(NCc2nnc(SCC(=O)c3ccc(C)cc3)n2-c2ccccc2OC)cc1. The van der Waals surface area contributed by atoms with Gasteiger partial charge < -0.3 is 14.8 Å². The summed E-state index contributed by atoms with van der Waals surface area (Å²) >= 11 is 1.36. The Morgan fingerprint density at radius 3 is 2.38 bits per heavy atom. The summed E-state index contributed by atoms with van der Waals surface area (Å²) in [6.07, 6.45) is 0. The maximum absolute atomic E-state index is 12.7. The number of ketones is 1. The van der Waals surface area contributed by atoms with Crippen molar-refractivity contribution in [3.8, 4) is 17.2 Å². The first-order valence-corrected chi connectivity index (χ1v) is 11.8. The molecule has 3 aromatic carbocycles. The molecule has 0 bridgehead atoms. The number of thioether (sulfide) groups is 1. The monoisotopic (exact) mass is 474 g/mol. The summed E-state index contributed by atoms with van der Waals surface area (Å²) in [4.78, 5) is 12.7. The van der Waals surface area contributed by atoms with Gasteiger partial charge in [-0.3, -0.25) is 9.36 Å². The molecule has 7 nitrogen and oxygen atoms in total. The smallest absolute Gasteiger partial charge is 0.196 e. The fourth-order valence-electron chi connectivity index (χ4n) is 3.41. The summed E-state index contributed by atoms with van der Waals surface area (Å²) in [5.74, 6) is 2.48. The molecule has 8 heteroatoms. The molecule has 0 fully saturated rings. The highest BCUT2D eigenvalue weighted by Gasteiger charge is 2.19. The molecule has 174 valence electrons. The van der Waals surface area contributed by atoms with E-state index in [2.05, 4.69) is 15.5 Å². The van der Waals surface area contributed by atoms with E-state index >= 15 is 0 Å². The average Bonchev–Trinajstić information content (AvgIpc) is 3.29. The van der Waals surface area contributed by atoms with Crippen molar-refractivity contribution in [2.45, 2.75) is 18.6 Å². The zero-order valence-corrected chi connectivity index (χ0v) is 20.1. The molecule has 0 aliphatic heterocycles. The number of nitrogens with one attached hydrogen (secondary N) is 1. The predicted molar refractivity (Wildman–Crippen MR) is 134 cm³/mol. The summed E-state index contributed by atoms with van der Waals surface area (Å²) in [5.41, 5.74) is 3.54. The van der Waals surface area contributed by atoms with Gasteiger partial charge >= 0.3 is 0 Å². The van der Waals surface area contributed by atoms with Crippen LogP contribution in [0.25, 0.3) is 5.69 Å². The molecule has 0 spiro atoms. The lowest BCUT2D eigenvalue weighted by atomic mass is 10.1. The van der Waals surface area contributed by atoms with Gasteiger partial charge in [-0.2, -0.15) is 0 Å². The van der Waals surface area contributed by atoms with Crippen LogP contribution in [0.1, 0.15) is 21.7 Å². The molecular weight excluding hydrogens is 448 g/mol. The van der Waals surface area contributed by atoms with Gasteiger partial charge in [-0.15, -0.1) is 10.2 Å². The molecule has 1 heterocycles. The lowest BCUT2D eigenvalue weighted by Gasteiger charge is -2.14. The highest BCUT2D eigenvalue weighted by atomic mass is 32.2. The van der Waals surface area contributed by atoms with Crippen molar-refractivity contribution in [3.05, 3.63) is 89.7 Å². The minimum absolute atomic E-state index is 0.0393. The van der Waals surface area contributed by atoms with E-state index in [9.17, 15) is 4.79 Å². The third-order valence-corrected chi connectivity index (χ3v) is 6.20. The van der Waals surface area contributed by atoms with Gasteiger partial charge in [0.2, 0.25) is 0 Å². The number of carbonyl (C=O) groups is 1. The topological polar surface area (TPSA) is 78.3 Å². The molecule has 4 rings (SSSR count). The van der Waals surface area contributed by atoms with Crippen molar-refractivity contribution in [3.63, 3.8) is 0 Å². The Morgan fingerprint density at radius 1 is 0.941 bits per heavy atom. The third-order valence-electron chi connectivity index (χ3n) is 5.27. The molecular formula is C26H26N4O3S. The molecule has 4 aromatic rings. The van der Waals surface area contributed by atoms with E-state index in [0.29, 0.717) is 28.8 Å². The van der Waals surface area contributed by atoms with Crippen LogP contribution in [0.3, 0.4) is 0 Å². The van der Waals surface area contributed by atoms with Crippen molar-refractivity contribution in [1.82, 2.24) is 14.8 Å². The fourth-order valence-corrected chi connectivity index (χ4v) is 4.27. The first-order chi connectivity index (χ1) is 16.6. The lowest BCUT2D eigenvalue weighted by Crippen LogP contribution is -2.10. The lowest BCUT2D eigenvalue weighted by molar-refractivity contribution is 0.102. The van der Waals surface area contributed by atoms with E-state index in [1.165, 1.54) is 11.8 Å². The number of Topliss-reactive ketones (excluding diaryl/α,β-unsaturated/α-hetero) is 1. The van der Waals surface area contributed by atoms with E-state index in [4.69, 9.17) is 9.47 Å². The van der Waals surface area contributed by atoms with Gasteiger partial charge in [0.15, 0.2) is 16.8 Å². The van der Waals surface area contributed by atoms with E-state index < -0.39 is 0 Å². The molecule has 0 aliphatic rings. The van der Waals surface area contributed by atoms with Crippen molar-refractivity contribution in [1.29, 1.82) is 0 Å². The molecule has 0 amide bonds. The minimum atomic E-state index is 0.0393. The highest BCUT2D eigenvalue weighted by Crippen LogP contribution is 2.29. The summed E-state index contributed by atoms with van der Waals surface area (Å²) in [5, 5.41) is 12.8. The molecule has 34 heavy (non-hydrogen) atoms. The molecule has 0 saturated carbocycles. The van der Waals surface area contributed by atoms with Crippen LogP contribution in [0.2, 0.25) is 0 Å². The van der Waals surface area contributed by atoms with Gasteiger partial charge in [0.05, 0.1) is 32.2 Å². The first-order valence-electron chi connectivity index (χ1n) is 10.8. The summed E-state index contributed by atoms with van der Waals surface area (Å²) in [7, 11) is 3.27. The van der Waals surface area contributed by atoms with Gasteiger partial charge in [0.25, 0.3) is 0 Å². The second kappa shape index (κ2) is 10.9. The number of aromatic nitrogens is 3. The molecule has 0 radical (unpaired) electrons. The second-order valence-electron chi connectivity index (χ2n) is 7.57. The van der Waals surface area contributed by atoms with Crippen molar-refractivity contribution >= 4 is 23.2 Å². The fraction of sp³-hybridized carbons (Fsp3) is 0.192. The number of nitrogens with zero attached hydrogens (tertiary/aromatic N) is 3. The number of ether oxygens (including phenoxy) is 2. The van der Waals surface area contributed by atoms with Crippen LogP contribution >= 0.6 is 11.8 Å². The number of carbonyl (C=O) groups excluding carboxylic acids is 1. The molecule has 0 saturated heterocycles. The van der Waals surface area contributed by atoms with Gasteiger partial charge in [-0.1, -0.05) is 53.7 Å². The average molecular weight is 475 g/mol. The Kier molecular flexibility index (Phi) is 7.49. The van der Waals surface area contributed by atoms with Crippen LogP contribution in [0, 0.1) is 6.92 Å². The first kappa shape index (κ1) is 23.4. The van der Waals surface area contributed by atoms with Crippen LogP contribution < -0.4 is 14.8 Å². The van der Waals surface area contributed by atoms with Gasteiger partial charge in [0.1, 0.15) is 11.5 Å². The molecule has 0 unspecified atom stereocenters. The number of hydrogen-bond acceptors (Lipinski definition) is 7.